The predicted molar refractivity (Wildman–Crippen MR) is 79.3 cm³/mol. The van der Waals surface area contributed by atoms with Crippen LogP contribution in [0.25, 0.3) is 11.0 Å². The summed E-state index contributed by atoms with van der Waals surface area (Å²) in [5.74, 6) is -0.383. The van der Waals surface area contributed by atoms with Crippen molar-refractivity contribution >= 4 is 44.3 Å². The van der Waals surface area contributed by atoms with Gasteiger partial charge in [-0.3, -0.25) is 19.6 Å². The zero-order chi connectivity index (χ0) is 15.8. The molecule has 0 saturated carbocycles. The van der Waals surface area contributed by atoms with Gasteiger partial charge in [0.25, 0.3) is 11.2 Å². The lowest BCUT2D eigenvalue weighted by Gasteiger charge is -2.05. The number of hydrogen-bond acceptors (Lipinski definition) is 7. The van der Waals surface area contributed by atoms with Gasteiger partial charge in [-0.05, 0) is 12.3 Å². The van der Waals surface area contributed by atoms with Gasteiger partial charge in [-0.25, -0.2) is 13.4 Å². The number of nitro benzene ring substituents is 1. The number of aromatic nitrogens is 2. The summed E-state index contributed by atoms with van der Waals surface area (Å²) in [6.45, 7) is 0. The first kappa shape index (κ1) is 15.3. The Morgan fingerprint density at radius 3 is 2.62 bits per heavy atom. The number of rotatable bonds is 4. The summed E-state index contributed by atoms with van der Waals surface area (Å²) in [6.07, 6.45) is 2.55. The second-order valence-electron chi connectivity index (χ2n) is 4.09. The van der Waals surface area contributed by atoms with E-state index >= 15 is 0 Å². The van der Waals surface area contributed by atoms with Gasteiger partial charge in [-0.2, -0.15) is 0 Å². The number of aromatic amines is 1. The summed E-state index contributed by atoms with van der Waals surface area (Å²) in [7, 11) is -3.65. The number of nitro groups is 1. The minimum absolute atomic E-state index is 0.156. The zero-order valence-corrected chi connectivity index (χ0v) is 12.5. The summed E-state index contributed by atoms with van der Waals surface area (Å²) in [5.41, 5.74) is -0.533. The smallest absolute Gasteiger partial charge is 0.292 e. The molecule has 1 aromatic heterocycles. The van der Waals surface area contributed by atoms with E-state index in [0.29, 0.717) is 4.90 Å². The Morgan fingerprint density at radius 2 is 2.10 bits per heavy atom. The normalized spacial score (nSPS) is 11.5. The molecule has 1 aromatic carbocycles. The van der Waals surface area contributed by atoms with Gasteiger partial charge in [0, 0.05) is 6.07 Å². The molecule has 112 valence electrons. The monoisotopic (exact) mass is 330 g/mol. The van der Waals surface area contributed by atoms with Crippen molar-refractivity contribution in [3.05, 3.63) is 32.6 Å². The average molecular weight is 330 g/mol. The van der Waals surface area contributed by atoms with E-state index in [0.717, 1.165) is 18.0 Å². The van der Waals surface area contributed by atoms with Crippen LogP contribution in [0.5, 0.6) is 0 Å². The fraction of sp³-hybridized carbons (Fsp3) is 0.200. The van der Waals surface area contributed by atoms with Crippen LogP contribution < -0.4 is 10.3 Å². The van der Waals surface area contributed by atoms with Crippen molar-refractivity contribution in [2.24, 2.45) is 0 Å². The Labute approximate surface area is 123 Å². The van der Waals surface area contributed by atoms with Crippen LogP contribution in [0.15, 0.2) is 21.8 Å². The quantitative estimate of drug-likeness (QED) is 0.483. The Hall–Kier alpha value is -2.14. The molecule has 0 radical (unpaired) electrons. The number of fused-ring (bicyclic) bond motifs is 1. The Bertz CT molecular complexity index is 890. The van der Waals surface area contributed by atoms with E-state index in [1.165, 1.54) is 12.1 Å². The highest BCUT2D eigenvalue weighted by Gasteiger charge is 2.17. The molecule has 1 heterocycles. The van der Waals surface area contributed by atoms with Crippen LogP contribution in [0.4, 0.5) is 11.5 Å². The molecule has 0 unspecified atom stereocenters. The van der Waals surface area contributed by atoms with Crippen LogP contribution in [-0.4, -0.2) is 35.8 Å². The maximum Gasteiger partial charge on any atom is 0.292 e. The minimum Gasteiger partial charge on any atom is -0.317 e. The second kappa shape index (κ2) is 5.33. The highest BCUT2D eigenvalue weighted by molar-refractivity contribution is 7.98. The number of H-pyrrole nitrogens is 1. The minimum atomic E-state index is -3.65. The van der Waals surface area contributed by atoms with E-state index in [4.69, 9.17) is 0 Å². The van der Waals surface area contributed by atoms with Crippen molar-refractivity contribution in [1.82, 2.24) is 9.97 Å². The van der Waals surface area contributed by atoms with Crippen LogP contribution in [0, 0.1) is 10.1 Å². The summed E-state index contributed by atoms with van der Waals surface area (Å²) in [5, 5.41) is 11.0. The molecule has 11 heteroatoms. The van der Waals surface area contributed by atoms with Gasteiger partial charge < -0.3 is 4.98 Å². The van der Waals surface area contributed by atoms with Crippen LogP contribution >= 0.6 is 11.8 Å². The summed E-state index contributed by atoms with van der Waals surface area (Å²) >= 11 is 1.15. The third kappa shape index (κ3) is 3.31. The van der Waals surface area contributed by atoms with Gasteiger partial charge in [0.05, 0.1) is 27.1 Å². The van der Waals surface area contributed by atoms with Gasteiger partial charge in [0.2, 0.25) is 15.8 Å². The van der Waals surface area contributed by atoms with Gasteiger partial charge in [0.15, 0.2) is 0 Å². The largest absolute Gasteiger partial charge is 0.317 e. The number of anilines is 1. The molecular weight excluding hydrogens is 320 g/mol. The number of nitrogens with one attached hydrogen (secondary N) is 2. The van der Waals surface area contributed by atoms with Crippen molar-refractivity contribution in [2.75, 3.05) is 17.2 Å². The van der Waals surface area contributed by atoms with E-state index in [1.54, 1.807) is 6.26 Å². The first-order valence-corrected chi connectivity index (χ1v) is 8.57. The molecule has 2 rings (SSSR count). The fourth-order valence-electron chi connectivity index (χ4n) is 1.65. The molecule has 0 saturated heterocycles. The average Bonchev–Trinajstić information content (AvgIpc) is 2.36. The molecule has 21 heavy (non-hydrogen) atoms. The molecule has 9 nitrogen and oxygen atoms in total. The molecule has 0 atom stereocenters. The van der Waals surface area contributed by atoms with E-state index in [9.17, 15) is 23.3 Å². The van der Waals surface area contributed by atoms with Gasteiger partial charge in [-0.15, -0.1) is 11.8 Å². The molecule has 0 fully saturated rings. The molecule has 0 amide bonds. The van der Waals surface area contributed by atoms with Crippen LogP contribution in [0.3, 0.4) is 0 Å². The topological polar surface area (TPSA) is 135 Å². The standard InChI is InChI=1S/C10H10N4O5S2/c1-20-8-4-6-5(3-7(8)14(16)17)12-10(15)9(11-6)13-21(2,18)19/h3-4H,1-2H3,(H,11,13)(H,12,15). The van der Waals surface area contributed by atoms with Crippen LogP contribution in [0.1, 0.15) is 0 Å². The van der Waals surface area contributed by atoms with Crippen molar-refractivity contribution in [1.29, 1.82) is 0 Å². The zero-order valence-electron chi connectivity index (χ0n) is 10.9. The molecule has 0 aliphatic carbocycles. The molecular formula is C10H10N4O5S2. The second-order valence-corrected chi connectivity index (χ2v) is 6.68. The molecule has 2 N–H and O–H groups in total. The SMILES string of the molecule is CSc1cc2nc(NS(C)(=O)=O)c(=O)[nH]c2cc1[N+](=O)[O-]. The first-order valence-electron chi connectivity index (χ1n) is 5.45. The highest BCUT2D eigenvalue weighted by Crippen LogP contribution is 2.30. The molecule has 2 aromatic rings. The molecule has 0 bridgehead atoms. The number of thioether (sulfide) groups is 1. The summed E-state index contributed by atoms with van der Waals surface area (Å²) < 4.78 is 24.3. The summed E-state index contributed by atoms with van der Waals surface area (Å²) in [4.78, 5) is 28.7. The third-order valence-corrected chi connectivity index (χ3v) is 3.80. The number of hydrogen-bond donors (Lipinski definition) is 2. The van der Waals surface area contributed by atoms with E-state index in [2.05, 4.69) is 9.97 Å². The lowest BCUT2D eigenvalue weighted by atomic mass is 10.2. The maximum absolute atomic E-state index is 11.7. The van der Waals surface area contributed by atoms with E-state index in [1.807, 2.05) is 4.72 Å². The number of sulfonamides is 1. The highest BCUT2D eigenvalue weighted by atomic mass is 32.2. The maximum atomic E-state index is 11.7. The van der Waals surface area contributed by atoms with Crippen LogP contribution in [-0.2, 0) is 10.0 Å². The third-order valence-electron chi connectivity index (χ3n) is 2.47. The fourth-order valence-corrected chi connectivity index (χ4v) is 2.72. The van der Waals surface area contributed by atoms with Crippen molar-refractivity contribution in [3.63, 3.8) is 0 Å². The first-order chi connectivity index (χ1) is 9.71. The summed E-state index contributed by atoms with van der Waals surface area (Å²) in [6, 6.07) is 2.61. The Balaban J connectivity index is 2.71. The van der Waals surface area contributed by atoms with Gasteiger partial charge in [-0.1, -0.05) is 0 Å². The molecule has 0 spiro atoms. The predicted octanol–water partition coefficient (Wildman–Crippen LogP) is 0.925. The number of benzene rings is 1. The Morgan fingerprint density at radius 1 is 1.43 bits per heavy atom. The van der Waals surface area contributed by atoms with Crippen molar-refractivity contribution < 1.29 is 13.3 Å². The van der Waals surface area contributed by atoms with E-state index in [-0.39, 0.29) is 22.5 Å². The lowest BCUT2D eigenvalue weighted by Crippen LogP contribution is -2.20. The molecule has 0 aliphatic heterocycles. The van der Waals surface area contributed by atoms with Gasteiger partial charge >= 0.3 is 0 Å². The Kier molecular flexibility index (Phi) is 3.87. The van der Waals surface area contributed by atoms with Crippen molar-refractivity contribution in [2.45, 2.75) is 4.90 Å². The van der Waals surface area contributed by atoms with E-state index < -0.39 is 20.5 Å². The van der Waals surface area contributed by atoms with Gasteiger partial charge in [0.1, 0.15) is 0 Å². The van der Waals surface area contributed by atoms with Crippen molar-refractivity contribution in [3.8, 4) is 0 Å². The lowest BCUT2D eigenvalue weighted by molar-refractivity contribution is -0.387. The van der Waals surface area contributed by atoms with Crippen LogP contribution in [0.2, 0.25) is 0 Å². The number of nitrogens with zero attached hydrogens (tertiary/aromatic N) is 2. The molecule has 0 aliphatic rings.